The first-order chi connectivity index (χ1) is 10.2. The monoisotopic (exact) mass is 345 g/mol. The van der Waals surface area contributed by atoms with Gasteiger partial charge in [0.25, 0.3) is 0 Å². The van der Waals surface area contributed by atoms with Gasteiger partial charge in [-0.2, -0.15) is 0 Å². The van der Waals surface area contributed by atoms with E-state index in [1.807, 2.05) is 20.8 Å². The van der Waals surface area contributed by atoms with Gasteiger partial charge >= 0.3 is 6.09 Å². The van der Waals surface area contributed by atoms with Gasteiger partial charge in [0.15, 0.2) is 8.32 Å². The normalized spacial score (nSPS) is 23.8. The van der Waals surface area contributed by atoms with Crippen molar-refractivity contribution < 1.29 is 19.1 Å². The number of ether oxygens (including phenoxy) is 1. The van der Waals surface area contributed by atoms with Gasteiger partial charge in [0.2, 0.25) is 0 Å². The van der Waals surface area contributed by atoms with Gasteiger partial charge in [0.05, 0.1) is 18.8 Å². The quantitative estimate of drug-likeness (QED) is 0.791. The highest BCUT2D eigenvalue weighted by molar-refractivity contribution is 6.74. The topological polar surface area (TPSA) is 59.0 Å². The molecule has 5 nitrogen and oxygen atoms in total. The molecule has 6 heteroatoms. The van der Waals surface area contributed by atoms with Crippen LogP contribution in [0.2, 0.25) is 18.1 Å². The molecule has 1 aliphatic rings. The molecule has 0 aromatic carbocycles. The maximum Gasteiger partial charge on any atom is 0.410 e. The number of aliphatic hydroxyl groups is 1. The second-order valence-electron chi connectivity index (χ2n) is 9.08. The largest absolute Gasteiger partial charge is 0.444 e. The summed E-state index contributed by atoms with van der Waals surface area (Å²) in [5, 5.41) is 10.1. The molecular formula is C17H35NO4Si. The zero-order chi connectivity index (χ0) is 18.1. The molecule has 0 radical (unpaired) electrons. The van der Waals surface area contributed by atoms with Crippen molar-refractivity contribution in [2.24, 2.45) is 0 Å². The van der Waals surface area contributed by atoms with Crippen molar-refractivity contribution in [3.63, 3.8) is 0 Å². The molecule has 0 aromatic heterocycles. The van der Waals surface area contributed by atoms with Crippen LogP contribution >= 0.6 is 0 Å². The number of likely N-dealkylation sites (tertiary alicyclic amines) is 1. The minimum Gasteiger partial charge on any atom is -0.444 e. The van der Waals surface area contributed by atoms with Crippen molar-refractivity contribution in [3.05, 3.63) is 0 Å². The number of nitrogens with zero attached hydrogens (tertiary/aromatic N) is 1. The van der Waals surface area contributed by atoms with Gasteiger partial charge in [-0.1, -0.05) is 20.8 Å². The molecule has 0 unspecified atom stereocenters. The summed E-state index contributed by atoms with van der Waals surface area (Å²) in [6, 6.07) is -0.122. The van der Waals surface area contributed by atoms with E-state index in [2.05, 4.69) is 33.9 Å². The fourth-order valence-corrected chi connectivity index (χ4v) is 3.31. The van der Waals surface area contributed by atoms with E-state index in [0.29, 0.717) is 26.0 Å². The van der Waals surface area contributed by atoms with Crippen molar-refractivity contribution in [3.8, 4) is 0 Å². The zero-order valence-electron chi connectivity index (χ0n) is 16.1. The van der Waals surface area contributed by atoms with Crippen LogP contribution in [-0.4, -0.2) is 55.3 Å². The third-order valence-electron chi connectivity index (χ3n) is 4.76. The van der Waals surface area contributed by atoms with Crippen molar-refractivity contribution >= 4 is 14.4 Å². The van der Waals surface area contributed by atoms with E-state index in [-0.39, 0.29) is 23.3 Å². The summed E-state index contributed by atoms with van der Waals surface area (Å²) in [4.78, 5) is 14.2. The first-order valence-corrected chi connectivity index (χ1v) is 11.5. The third-order valence-corrected chi connectivity index (χ3v) is 9.26. The number of hydrogen-bond donors (Lipinski definition) is 1. The Hall–Kier alpha value is -0.593. The van der Waals surface area contributed by atoms with E-state index in [0.717, 1.165) is 0 Å². The van der Waals surface area contributed by atoms with E-state index in [9.17, 15) is 9.90 Å². The molecule has 0 spiro atoms. The molecule has 1 saturated heterocycles. The van der Waals surface area contributed by atoms with Crippen LogP contribution in [0.4, 0.5) is 4.79 Å². The molecule has 1 rings (SSSR count). The summed E-state index contributed by atoms with van der Waals surface area (Å²) in [5.74, 6) is 0. The van der Waals surface area contributed by atoms with E-state index >= 15 is 0 Å². The van der Waals surface area contributed by atoms with Gasteiger partial charge in [-0.05, 0) is 51.7 Å². The summed E-state index contributed by atoms with van der Waals surface area (Å²) in [6.07, 6.45) is 0.457. The molecule has 1 amide bonds. The molecule has 1 heterocycles. The van der Waals surface area contributed by atoms with Gasteiger partial charge < -0.3 is 19.2 Å². The standard InChI is InChI=1S/C17H35NO4Si/c1-16(2,3)22-15(20)18-10-9-14(19)11-13(18)12-21-23(7,8)17(4,5)6/h13-14,19H,9-12H2,1-8H3/t13-,14+/m0/s1. The lowest BCUT2D eigenvalue weighted by molar-refractivity contribution is -0.0172. The van der Waals surface area contributed by atoms with Crippen LogP contribution in [-0.2, 0) is 9.16 Å². The molecule has 1 N–H and O–H groups in total. The Morgan fingerprint density at radius 1 is 1.22 bits per heavy atom. The fourth-order valence-electron chi connectivity index (χ4n) is 2.27. The van der Waals surface area contributed by atoms with E-state index in [4.69, 9.17) is 9.16 Å². The molecule has 0 bridgehead atoms. The van der Waals surface area contributed by atoms with Crippen LogP contribution in [0.3, 0.4) is 0 Å². The Labute approximate surface area is 142 Å². The number of piperidine rings is 1. The lowest BCUT2D eigenvalue weighted by Gasteiger charge is -2.42. The molecule has 1 aliphatic heterocycles. The molecule has 0 aliphatic carbocycles. The molecule has 1 fully saturated rings. The molecule has 136 valence electrons. The average molecular weight is 346 g/mol. The molecular weight excluding hydrogens is 310 g/mol. The van der Waals surface area contributed by atoms with Gasteiger partial charge in [-0.15, -0.1) is 0 Å². The van der Waals surface area contributed by atoms with E-state index in [1.54, 1.807) is 4.90 Å². The van der Waals surface area contributed by atoms with Crippen LogP contribution in [0, 0.1) is 0 Å². The first-order valence-electron chi connectivity index (χ1n) is 8.54. The van der Waals surface area contributed by atoms with E-state index < -0.39 is 13.9 Å². The predicted octanol–water partition coefficient (Wildman–Crippen LogP) is 3.77. The lowest BCUT2D eigenvalue weighted by atomic mass is 10.0. The van der Waals surface area contributed by atoms with Gasteiger partial charge in [0.1, 0.15) is 5.60 Å². The summed E-state index contributed by atoms with van der Waals surface area (Å²) < 4.78 is 11.8. The number of carbonyl (C=O) groups is 1. The van der Waals surface area contributed by atoms with Crippen molar-refractivity contribution in [1.29, 1.82) is 0 Å². The summed E-state index contributed by atoms with van der Waals surface area (Å²) in [6.45, 7) is 17.6. The predicted molar refractivity (Wildman–Crippen MR) is 95.1 cm³/mol. The smallest absolute Gasteiger partial charge is 0.410 e. The summed E-state index contributed by atoms with van der Waals surface area (Å²) >= 11 is 0. The maximum atomic E-state index is 12.4. The number of amides is 1. The first kappa shape index (κ1) is 20.5. The fraction of sp³-hybridized carbons (Fsp3) is 0.941. The third kappa shape index (κ3) is 6.08. The second kappa shape index (κ2) is 7.11. The van der Waals surface area contributed by atoms with Crippen molar-refractivity contribution in [2.75, 3.05) is 13.2 Å². The maximum absolute atomic E-state index is 12.4. The Morgan fingerprint density at radius 3 is 2.26 bits per heavy atom. The Kier molecular flexibility index (Phi) is 6.32. The number of aliphatic hydroxyl groups excluding tert-OH is 1. The number of hydrogen-bond acceptors (Lipinski definition) is 4. The number of rotatable bonds is 3. The highest BCUT2D eigenvalue weighted by atomic mass is 28.4. The second-order valence-corrected chi connectivity index (χ2v) is 13.9. The SMILES string of the molecule is CC(C)(C)OC(=O)N1CC[C@@H](O)C[C@H]1CO[Si](C)(C)C(C)(C)C. The molecule has 2 atom stereocenters. The zero-order valence-corrected chi connectivity index (χ0v) is 17.1. The van der Waals surface area contributed by atoms with Crippen LogP contribution < -0.4 is 0 Å². The van der Waals surface area contributed by atoms with Crippen molar-refractivity contribution in [2.45, 2.75) is 90.3 Å². The molecule has 23 heavy (non-hydrogen) atoms. The summed E-state index contributed by atoms with van der Waals surface area (Å²) in [5.41, 5.74) is -0.516. The lowest BCUT2D eigenvalue weighted by Crippen LogP contribution is -2.53. The molecule has 0 saturated carbocycles. The Balaban J connectivity index is 2.76. The highest BCUT2D eigenvalue weighted by Crippen LogP contribution is 2.37. The van der Waals surface area contributed by atoms with Crippen LogP contribution in [0.25, 0.3) is 0 Å². The minimum atomic E-state index is -1.88. The molecule has 0 aromatic rings. The average Bonchev–Trinajstić information content (AvgIpc) is 2.32. The Morgan fingerprint density at radius 2 is 1.78 bits per heavy atom. The van der Waals surface area contributed by atoms with Gasteiger partial charge in [-0.25, -0.2) is 4.79 Å². The summed E-state index contributed by atoms with van der Waals surface area (Å²) in [7, 11) is -1.88. The van der Waals surface area contributed by atoms with Crippen LogP contribution in [0.15, 0.2) is 0 Å². The van der Waals surface area contributed by atoms with Crippen LogP contribution in [0.5, 0.6) is 0 Å². The van der Waals surface area contributed by atoms with Gasteiger partial charge in [0, 0.05) is 6.54 Å². The van der Waals surface area contributed by atoms with Crippen LogP contribution in [0.1, 0.15) is 54.4 Å². The highest BCUT2D eigenvalue weighted by Gasteiger charge is 2.40. The van der Waals surface area contributed by atoms with Crippen molar-refractivity contribution in [1.82, 2.24) is 4.90 Å². The Bertz CT molecular complexity index is 412. The van der Waals surface area contributed by atoms with Gasteiger partial charge in [-0.3, -0.25) is 0 Å². The number of carbonyl (C=O) groups excluding carboxylic acids is 1. The van der Waals surface area contributed by atoms with E-state index in [1.165, 1.54) is 0 Å². The minimum absolute atomic E-state index is 0.122.